The predicted octanol–water partition coefficient (Wildman–Crippen LogP) is 2.39. The standard InChI is InChI=1S/C15H18N4O3/c20-15(8-2-1-3-9-15)14-11-18(17-16-14)10-12-4-6-13(7-5-12)19(21)22/h4-7,11,20H,1-3,8-10H2. The Morgan fingerprint density at radius 2 is 1.91 bits per heavy atom. The van der Waals surface area contributed by atoms with Crippen LogP contribution in [0.2, 0.25) is 0 Å². The zero-order valence-electron chi connectivity index (χ0n) is 12.2. The van der Waals surface area contributed by atoms with Crippen LogP contribution in [-0.2, 0) is 12.1 Å². The molecule has 0 unspecified atom stereocenters. The van der Waals surface area contributed by atoms with E-state index in [0.29, 0.717) is 12.2 Å². The predicted molar refractivity (Wildman–Crippen MR) is 79.2 cm³/mol. The maximum Gasteiger partial charge on any atom is 0.269 e. The molecular formula is C15H18N4O3. The van der Waals surface area contributed by atoms with Gasteiger partial charge in [-0.05, 0) is 18.4 Å². The molecule has 1 aliphatic rings. The molecule has 22 heavy (non-hydrogen) atoms. The number of hydrogen-bond acceptors (Lipinski definition) is 5. The van der Waals surface area contributed by atoms with E-state index in [1.807, 2.05) is 0 Å². The summed E-state index contributed by atoms with van der Waals surface area (Å²) < 4.78 is 1.66. The molecule has 0 bridgehead atoms. The second kappa shape index (κ2) is 5.84. The second-order valence-corrected chi connectivity index (χ2v) is 5.82. The van der Waals surface area contributed by atoms with Crippen molar-refractivity contribution in [2.24, 2.45) is 0 Å². The summed E-state index contributed by atoms with van der Waals surface area (Å²) >= 11 is 0. The van der Waals surface area contributed by atoms with Gasteiger partial charge < -0.3 is 5.11 Å². The van der Waals surface area contributed by atoms with Crippen LogP contribution >= 0.6 is 0 Å². The maximum atomic E-state index is 10.6. The van der Waals surface area contributed by atoms with Crippen molar-refractivity contribution in [1.29, 1.82) is 0 Å². The summed E-state index contributed by atoms with van der Waals surface area (Å²) in [7, 11) is 0. The molecule has 0 spiro atoms. The van der Waals surface area contributed by atoms with Crippen LogP contribution < -0.4 is 0 Å². The molecule has 0 radical (unpaired) electrons. The van der Waals surface area contributed by atoms with E-state index in [0.717, 1.165) is 37.7 Å². The summed E-state index contributed by atoms with van der Waals surface area (Å²) in [5.74, 6) is 0. The molecule has 0 saturated heterocycles. The zero-order chi connectivity index (χ0) is 15.6. The van der Waals surface area contributed by atoms with Gasteiger partial charge in [-0.3, -0.25) is 10.1 Å². The summed E-state index contributed by atoms with van der Waals surface area (Å²) in [6.07, 6.45) is 6.38. The first-order valence-electron chi connectivity index (χ1n) is 7.43. The van der Waals surface area contributed by atoms with Gasteiger partial charge in [0.1, 0.15) is 11.3 Å². The minimum absolute atomic E-state index is 0.0690. The third-order valence-electron chi connectivity index (χ3n) is 4.19. The molecule has 3 rings (SSSR count). The minimum atomic E-state index is -0.855. The van der Waals surface area contributed by atoms with Crippen molar-refractivity contribution < 1.29 is 10.0 Å². The lowest BCUT2D eigenvalue weighted by Crippen LogP contribution is -2.28. The largest absolute Gasteiger partial charge is 0.383 e. The highest BCUT2D eigenvalue weighted by Crippen LogP contribution is 2.35. The Kier molecular flexibility index (Phi) is 3.89. The first-order valence-corrected chi connectivity index (χ1v) is 7.43. The average molecular weight is 302 g/mol. The molecular weight excluding hydrogens is 284 g/mol. The highest BCUT2D eigenvalue weighted by molar-refractivity contribution is 5.32. The molecule has 7 heteroatoms. The molecule has 1 heterocycles. The highest BCUT2D eigenvalue weighted by atomic mass is 16.6. The Hall–Kier alpha value is -2.28. The van der Waals surface area contributed by atoms with E-state index in [9.17, 15) is 15.2 Å². The van der Waals surface area contributed by atoms with Crippen molar-refractivity contribution in [3.63, 3.8) is 0 Å². The third-order valence-corrected chi connectivity index (χ3v) is 4.19. The number of nitro groups is 1. The normalized spacial score (nSPS) is 17.3. The molecule has 116 valence electrons. The van der Waals surface area contributed by atoms with Gasteiger partial charge in [-0.2, -0.15) is 0 Å². The lowest BCUT2D eigenvalue weighted by Gasteiger charge is -2.29. The van der Waals surface area contributed by atoms with Gasteiger partial charge in [0.05, 0.1) is 17.7 Å². The first-order chi connectivity index (χ1) is 10.6. The van der Waals surface area contributed by atoms with Gasteiger partial charge in [-0.25, -0.2) is 4.68 Å². The molecule has 0 amide bonds. The van der Waals surface area contributed by atoms with E-state index >= 15 is 0 Å². The molecule has 0 atom stereocenters. The number of nitro benzene ring substituents is 1. The van der Waals surface area contributed by atoms with E-state index in [-0.39, 0.29) is 5.69 Å². The van der Waals surface area contributed by atoms with E-state index in [1.165, 1.54) is 12.1 Å². The Balaban J connectivity index is 1.72. The van der Waals surface area contributed by atoms with Gasteiger partial charge in [-0.15, -0.1) is 5.10 Å². The molecule has 1 fully saturated rings. The third kappa shape index (κ3) is 2.99. The quantitative estimate of drug-likeness (QED) is 0.691. The fraction of sp³-hybridized carbons (Fsp3) is 0.467. The molecule has 7 nitrogen and oxygen atoms in total. The van der Waals surface area contributed by atoms with Gasteiger partial charge >= 0.3 is 0 Å². The summed E-state index contributed by atoms with van der Waals surface area (Å²) in [5.41, 5.74) is 0.734. The van der Waals surface area contributed by atoms with Crippen LogP contribution in [0.15, 0.2) is 30.5 Å². The summed E-state index contributed by atoms with van der Waals surface area (Å²) in [5, 5.41) is 29.4. The smallest absolute Gasteiger partial charge is 0.269 e. The molecule has 1 aliphatic carbocycles. The van der Waals surface area contributed by atoms with Gasteiger partial charge in [0, 0.05) is 12.1 Å². The topological polar surface area (TPSA) is 94.1 Å². The number of aliphatic hydroxyl groups is 1. The number of aromatic nitrogens is 3. The number of non-ortho nitro benzene ring substituents is 1. The number of hydrogen-bond donors (Lipinski definition) is 1. The maximum absolute atomic E-state index is 10.6. The van der Waals surface area contributed by atoms with Gasteiger partial charge in [0.15, 0.2) is 0 Å². The van der Waals surface area contributed by atoms with Crippen LogP contribution in [0.1, 0.15) is 43.4 Å². The SMILES string of the molecule is O=[N+]([O-])c1ccc(Cn2cc(C3(O)CCCCC3)nn2)cc1. The van der Waals surface area contributed by atoms with Crippen LogP contribution in [-0.4, -0.2) is 25.0 Å². The van der Waals surface area contributed by atoms with E-state index in [1.54, 1.807) is 23.0 Å². The van der Waals surface area contributed by atoms with Crippen molar-refractivity contribution in [2.45, 2.75) is 44.2 Å². The summed E-state index contributed by atoms with van der Waals surface area (Å²) in [4.78, 5) is 10.2. The van der Waals surface area contributed by atoms with Gasteiger partial charge in [0.2, 0.25) is 0 Å². The van der Waals surface area contributed by atoms with Crippen LogP contribution in [0.3, 0.4) is 0 Å². The first kappa shape index (κ1) is 14.6. The average Bonchev–Trinajstić information content (AvgIpc) is 2.98. The van der Waals surface area contributed by atoms with Gasteiger partial charge in [0.25, 0.3) is 5.69 Å². The highest BCUT2D eigenvalue weighted by Gasteiger charge is 2.33. The Bertz CT molecular complexity index is 660. The van der Waals surface area contributed by atoms with E-state index in [2.05, 4.69) is 10.3 Å². The summed E-state index contributed by atoms with van der Waals surface area (Å²) in [6.45, 7) is 0.473. The molecule has 2 aromatic rings. The molecule has 1 aromatic heterocycles. The lowest BCUT2D eigenvalue weighted by atomic mass is 9.83. The van der Waals surface area contributed by atoms with Crippen molar-refractivity contribution in [2.75, 3.05) is 0 Å². The van der Waals surface area contributed by atoms with Crippen molar-refractivity contribution in [1.82, 2.24) is 15.0 Å². The van der Waals surface area contributed by atoms with E-state index in [4.69, 9.17) is 0 Å². The summed E-state index contributed by atoms with van der Waals surface area (Å²) in [6, 6.07) is 6.35. The molecule has 1 saturated carbocycles. The van der Waals surface area contributed by atoms with Crippen molar-refractivity contribution >= 4 is 5.69 Å². The molecule has 0 aliphatic heterocycles. The van der Waals surface area contributed by atoms with Crippen LogP contribution in [0.25, 0.3) is 0 Å². The van der Waals surface area contributed by atoms with E-state index < -0.39 is 10.5 Å². The Labute approximate surface area is 127 Å². The Morgan fingerprint density at radius 3 is 2.55 bits per heavy atom. The van der Waals surface area contributed by atoms with Crippen molar-refractivity contribution in [3.05, 3.63) is 51.8 Å². The fourth-order valence-corrected chi connectivity index (χ4v) is 2.89. The number of nitrogens with zero attached hydrogens (tertiary/aromatic N) is 4. The van der Waals surface area contributed by atoms with Crippen molar-refractivity contribution in [3.8, 4) is 0 Å². The minimum Gasteiger partial charge on any atom is -0.383 e. The fourth-order valence-electron chi connectivity index (χ4n) is 2.89. The van der Waals surface area contributed by atoms with Crippen LogP contribution in [0.5, 0.6) is 0 Å². The van der Waals surface area contributed by atoms with Crippen LogP contribution in [0.4, 0.5) is 5.69 Å². The van der Waals surface area contributed by atoms with Gasteiger partial charge in [-0.1, -0.05) is 36.6 Å². The Morgan fingerprint density at radius 1 is 1.23 bits per heavy atom. The second-order valence-electron chi connectivity index (χ2n) is 5.82. The lowest BCUT2D eigenvalue weighted by molar-refractivity contribution is -0.384. The molecule has 1 N–H and O–H groups in total. The molecule has 1 aromatic carbocycles. The van der Waals surface area contributed by atoms with Crippen LogP contribution in [0, 0.1) is 10.1 Å². The monoisotopic (exact) mass is 302 g/mol. The number of rotatable bonds is 4. The zero-order valence-corrected chi connectivity index (χ0v) is 12.2. The number of benzene rings is 1.